The number of carbonyl (C=O) groups excluding carboxylic acids is 3. The summed E-state index contributed by atoms with van der Waals surface area (Å²) in [5.74, 6) is -1.57. The van der Waals surface area contributed by atoms with E-state index in [2.05, 4.69) is 4.98 Å². The number of fused-ring (bicyclic) bond motifs is 1. The van der Waals surface area contributed by atoms with Gasteiger partial charge in [-0.2, -0.15) is 0 Å². The summed E-state index contributed by atoms with van der Waals surface area (Å²) >= 11 is 0. The summed E-state index contributed by atoms with van der Waals surface area (Å²) in [5.41, 5.74) is 7.42. The lowest BCUT2D eigenvalue weighted by atomic mass is 10.1. The molecular formula is C19H17N3O4. The lowest BCUT2D eigenvalue weighted by molar-refractivity contribution is -0.114. The van der Waals surface area contributed by atoms with E-state index in [1.165, 1.54) is 6.20 Å². The number of primary amides is 1. The number of nitrogens with zero attached hydrogens (tertiary/aromatic N) is 2. The minimum atomic E-state index is -1.06. The second kappa shape index (κ2) is 7.18. The molecule has 132 valence electrons. The molecule has 0 radical (unpaired) electrons. The number of nitrogens with two attached hydrogens (primary N) is 1. The Morgan fingerprint density at radius 3 is 2.62 bits per heavy atom. The average molecular weight is 351 g/mol. The summed E-state index contributed by atoms with van der Waals surface area (Å²) in [6.07, 6.45) is 2.14. The Kier molecular flexibility index (Phi) is 4.79. The zero-order valence-corrected chi connectivity index (χ0v) is 14.1. The van der Waals surface area contributed by atoms with Crippen molar-refractivity contribution in [3.8, 4) is 5.75 Å². The van der Waals surface area contributed by atoms with Crippen molar-refractivity contribution in [3.63, 3.8) is 0 Å². The largest absolute Gasteiger partial charge is 0.485 e. The fraction of sp³-hybridized carbons (Fsp3) is 0.158. The Labute approximate surface area is 149 Å². The number of carbonyl (C=O) groups is 3. The number of Topliss-reactive ketones (excluding diaryl/α,β-unsaturated/α-hetero) is 1. The molecule has 0 saturated carbocycles. The number of aldehydes is 1. The number of ketones is 1. The summed E-state index contributed by atoms with van der Waals surface area (Å²) < 4.78 is 7.26. The highest BCUT2D eigenvalue weighted by atomic mass is 16.5. The third-order valence-electron chi connectivity index (χ3n) is 4.11. The van der Waals surface area contributed by atoms with E-state index in [1.807, 2.05) is 34.9 Å². The van der Waals surface area contributed by atoms with Gasteiger partial charge in [-0.05, 0) is 18.6 Å². The molecule has 2 aromatic heterocycles. The van der Waals surface area contributed by atoms with Crippen LogP contribution in [0.25, 0.3) is 11.0 Å². The van der Waals surface area contributed by atoms with Crippen molar-refractivity contribution in [2.75, 3.05) is 6.61 Å². The number of ether oxygens (including phenoxy) is 1. The maximum Gasteiger partial charge on any atom is 0.289 e. The van der Waals surface area contributed by atoms with Gasteiger partial charge < -0.3 is 15.0 Å². The number of amides is 1. The van der Waals surface area contributed by atoms with Crippen LogP contribution in [0.15, 0.2) is 42.6 Å². The highest BCUT2D eigenvalue weighted by Crippen LogP contribution is 2.33. The highest BCUT2D eigenvalue weighted by molar-refractivity contribution is 6.45. The first kappa shape index (κ1) is 17.3. The van der Waals surface area contributed by atoms with Gasteiger partial charge in [0.15, 0.2) is 6.29 Å². The molecule has 0 spiro atoms. The number of rotatable bonds is 7. The summed E-state index contributed by atoms with van der Waals surface area (Å²) in [6, 6.07) is 11.2. The molecular weight excluding hydrogens is 334 g/mol. The zero-order chi connectivity index (χ0) is 18.7. The molecule has 0 aliphatic carbocycles. The second-order valence-electron chi connectivity index (χ2n) is 5.71. The van der Waals surface area contributed by atoms with Crippen LogP contribution < -0.4 is 10.5 Å². The fourth-order valence-electron chi connectivity index (χ4n) is 2.95. The van der Waals surface area contributed by atoms with Gasteiger partial charge in [-0.3, -0.25) is 14.4 Å². The van der Waals surface area contributed by atoms with E-state index < -0.39 is 11.7 Å². The molecule has 3 aromatic rings. The number of aromatic nitrogens is 2. The van der Waals surface area contributed by atoms with Crippen molar-refractivity contribution in [1.29, 1.82) is 0 Å². The van der Waals surface area contributed by atoms with Gasteiger partial charge in [-0.1, -0.05) is 30.3 Å². The molecule has 3 rings (SSSR count). The SMILES string of the molecule is Cc1c(C(=O)C(N)=O)c2c(OCC=O)ccnc2n1Cc1ccccc1. The van der Waals surface area contributed by atoms with Crippen LogP contribution in [0.4, 0.5) is 0 Å². The molecule has 7 heteroatoms. The van der Waals surface area contributed by atoms with E-state index in [0.717, 1.165) is 5.56 Å². The van der Waals surface area contributed by atoms with Crippen molar-refractivity contribution >= 4 is 29.0 Å². The third-order valence-corrected chi connectivity index (χ3v) is 4.11. The first-order valence-electron chi connectivity index (χ1n) is 7.97. The van der Waals surface area contributed by atoms with E-state index >= 15 is 0 Å². The number of pyridine rings is 1. The van der Waals surface area contributed by atoms with Crippen molar-refractivity contribution in [3.05, 3.63) is 59.4 Å². The molecule has 1 amide bonds. The van der Waals surface area contributed by atoms with E-state index in [9.17, 15) is 14.4 Å². The van der Waals surface area contributed by atoms with Crippen LogP contribution >= 0.6 is 0 Å². The summed E-state index contributed by atoms with van der Waals surface area (Å²) in [7, 11) is 0. The predicted molar refractivity (Wildman–Crippen MR) is 95.1 cm³/mol. The van der Waals surface area contributed by atoms with Gasteiger partial charge in [0.1, 0.15) is 18.0 Å². The monoisotopic (exact) mass is 351 g/mol. The molecule has 1 aromatic carbocycles. The molecule has 0 atom stereocenters. The molecule has 0 saturated heterocycles. The number of benzene rings is 1. The number of hydrogen-bond donors (Lipinski definition) is 1. The van der Waals surface area contributed by atoms with Gasteiger partial charge in [0.05, 0.1) is 10.9 Å². The minimum Gasteiger partial charge on any atom is -0.485 e. The quantitative estimate of drug-likeness (QED) is 0.396. The predicted octanol–water partition coefficient (Wildman–Crippen LogP) is 1.64. The first-order chi connectivity index (χ1) is 12.5. The maximum absolute atomic E-state index is 12.4. The van der Waals surface area contributed by atoms with E-state index in [-0.39, 0.29) is 12.2 Å². The van der Waals surface area contributed by atoms with Gasteiger partial charge in [0.25, 0.3) is 11.7 Å². The average Bonchev–Trinajstić information content (AvgIpc) is 2.92. The Hall–Kier alpha value is -3.48. The van der Waals surface area contributed by atoms with Crippen LogP contribution in [-0.2, 0) is 16.1 Å². The van der Waals surface area contributed by atoms with Crippen LogP contribution in [0.2, 0.25) is 0 Å². The summed E-state index contributed by atoms with van der Waals surface area (Å²) in [6.45, 7) is 2.01. The van der Waals surface area contributed by atoms with Crippen molar-refractivity contribution in [2.24, 2.45) is 5.73 Å². The van der Waals surface area contributed by atoms with Crippen LogP contribution in [0.1, 0.15) is 21.6 Å². The van der Waals surface area contributed by atoms with Gasteiger partial charge in [-0.15, -0.1) is 0 Å². The molecule has 0 aliphatic rings. The molecule has 0 fully saturated rings. The molecule has 7 nitrogen and oxygen atoms in total. The topological polar surface area (TPSA) is 104 Å². The van der Waals surface area contributed by atoms with Crippen LogP contribution in [0.5, 0.6) is 5.75 Å². The summed E-state index contributed by atoms with van der Waals surface area (Å²) in [4.78, 5) is 39.0. The van der Waals surface area contributed by atoms with E-state index in [0.29, 0.717) is 35.3 Å². The summed E-state index contributed by atoms with van der Waals surface area (Å²) in [5, 5.41) is 0.381. The Balaban J connectivity index is 2.25. The molecule has 0 aliphatic heterocycles. The standard InChI is InChI=1S/C19H17N3O4/c1-12-15(17(24)18(20)25)16-14(26-10-9-23)7-8-21-19(16)22(12)11-13-5-3-2-4-6-13/h2-9H,10-11H2,1H3,(H2,20,25). The minimum absolute atomic E-state index is 0.150. The fourth-order valence-corrected chi connectivity index (χ4v) is 2.95. The van der Waals surface area contributed by atoms with Crippen molar-refractivity contribution in [1.82, 2.24) is 9.55 Å². The van der Waals surface area contributed by atoms with Crippen LogP contribution in [0, 0.1) is 6.92 Å². The number of hydrogen-bond acceptors (Lipinski definition) is 5. The van der Waals surface area contributed by atoms with E-state index in [4.69, 9.17) is 10.5 Å². The lowest BCUT2D eigenvalue weighted by Gasteiger charge is -2.08. The molecule has 26 heavy (non-hydrogen) atoms. The third kappa shape index (κ3) is 3.06. The Bertz CT molecular complexity index is 993. The van der Waals surface area contributed by atoms with Crippen LogP contribution in [-0.4, -0.2) is 34.1 Å². The molecule has 2 heterocycles. The first-order valence-corrected chi connectivity index (χ1v) is 7.97. The zero-order valence-electron chi connectivity index (χ0n) is 14.1. The molecule has 2 N–H and O–H groups in total. The van der Waals surface area contributed by atoms with Gasteiger partial charge >= 0.3 is 0 Å². The van der Waals surface area contributed by atoms with Gasteiger partial charge in [-0.25, -0.2) is 4.98 Å². The highest BCUT2D eigenvalue weighted by Gasteiger charge is 2.26. The van der Waals surface area contributed by atoms with Crippen molar-refractivity contribution < 1.29 is 19.1 Å². The lowest BCUT2D eigenvalue weighted by Crippen LogP contribution is -2.24. The molecule has 0 bridgehead atoms. The Morgan fingerprint density at radius 2 is 1.96 bits per heavy atom. The van der Waals surface area contributed by atoms with Gasteiger partial charge in [0, 0.05) is 18.4 Å². The second-order valence-corrected chi connectivity index (χ2v) is 5.71. The van der Waals surface area contributed by atoms with Crippen LogP contribution in [0.3, 0.4) is 0 Å². The normalized spacial score (nSPS) is 10.7. The van der Waals surface area contributed by atoms with E-state index in [1.54, 1.807) is 13.0 Å². The van der Waals surface area contributed by atoms with Gasteiger partial charge in [0.2, 0.25) is 0 Å². The van der Waals surface area contributed by atoms with Crippen molar-refractivity contribution in [2.45, 2.75) is 13.5 Å². The maximum atomic E-state index is 12.4. The smallest absolute Gasteiger partial charge is 0.289 e. The Morgan fingerprint density at radius 1 is 1.23 bits per heavy atom. The molecule has 0 unspecified atom stereocenters.